The molecule has 0 saturated carbocycles. The van der Waals surface area contributed by atoms with E-state index in [1.165, 1.54) is 27.7 Å². The molecule has 0 radical (unpaired) electrons. The second kappa shape index (κ2) is 13.4. The van der Waals surface area contributed by atoms with Crippen LogP contribution in [0.5, 0.6) is 17.2 Å². The number of benzene rings is 5. The van der Waals surface area contributed by atoms with Gasteiger partial charge in [0.1, 0.15) is 17.2 Å². The van der Waals surface area contributed by atoms with Crippen molar-refractivity contribution in [1.82, 2.24) is 4.57 Å². The average Bonchev–Trinajstić information content (AvgIpc) is 3.50. The summed E-state index contributed by atoms with van der Waals surface area (Å²) in [5.41, 5.74) is 9.74. The van der Waals surface area contributed by atoms with Crippen LogP contribution < -0.4 is 10.1 Å². The summed E-state index contributed by atoms with van der Waals surface area (Å²) in [6.45, 7) is 7.65. The molecule has 5 aromatic carbocycles. The maximum atomic E-state index is 12.1. The minimum Gasteiger partial charge on any atom is -0.508 e. The fraction of sp³-hybridized carbons (Fsp3) is 0.0638. The molecule has 1 aliphatic heterocycles. The normalized spacial score (nSPS) is 16.4. The van der Waals surface area contributed by atoms with Gasteiger partial charge >= 0.3 is 0 Å². The summed E-state index contributed by atoms with van der Waals surface area (Å²) in [4.78, 5) is 0. The van der Waals surface area contributed by atoms with Gasteiger partial charge in [-0.05, 0) is 72.5 Å². The van der Waals surface area contributed by atoms with Crippen LogP contribution in [0.1, 0.15) is 39.9 Å². The highest BCUT2D eigenvalue weighted by molar-refractivity contribution is 5.99. The van der Waals surface area contributed by atoms with Gasteiger partial charge in [0.25, 0.3) is 0 Å². The van der Waals surface area contributed by atoms with Crippen LogP contribution in [-0.4, -0.2) is 9.67 Å². The molecule has 1 aromatic heterocycles. The summed E-state index contributed by atoms with van der Waals surface area (Å²) < 4.78 is 9.04. The monoisotopic (exact) mass is 662 g/mol. The fourth-order valence-corrected chi connectivity index (χ4v) is 7.79. The van der Waals surface area contributed by atoms with E-state index in [-0.39, 0.29) is 5.75 Å². The lowest BCUT2D eigenvalue weighted by molar-refractivity contribution is 0.425. The first-order chi connectivity index (χ1) is 25.1. The van der Waals surface area contributed by atoms with Crippen molar-refractivity contribution in [1.29, 1.82) is 0 Å². The number of aromatic hydroxyl groups is 1. The summed E-state index contributed by atoms with van der Waals surface area (Å²) >= 11 is 0. The van der Waals surface area contributed by atoms with E-state index in [1.54, 1.807) is 18.2 Å². The number of hydrogen-bond acceptors (Lipinski definition) is 3. The third kappa shape index (κ3) is 5.42. The smallest absolute Gasteiger partial charge is 0.134 e. The van der Waals surface area contributed by atoms with Gasteiger partial charge in [-0.2, -0.15) is 0 Å². The number of ether oxygens (including phenoxy) is 1. The molecule has 0 saturated heterocycles. The van der Waals surface area contributed by atoms with E-state index in [9.17, 15) is 5.11 Å². The molecule has 4 heteroatoms. The second-order valence-corrected chi connectivity index (χ2v) is 12.8. The van der Waals surface area contributed by atoms with Crippen LogP contribution in [0, 0.1) is 0 Å². The minimum atomic E-state index is -0.898. The number of nitrogens with zero attached hydrogens (tertiary/aromatic N) is 1. The van der Waals surface area contributed by atoms with Crippen molar-refractivity contribution in [2.75, 3.05) is 5.32 Å². The standard InChI is InChI=1S/C47H38N2O2/c1-3-5-7-15-29-47(39-21-12-14-24-44(39)51-45-32-34(26-27-40(45)47)48-30-6-4-2)46-36(20-16-23-43(46)50)33-25-28-42-38(31-33)37-19-11-13-22-41(37)49(42)35-17-9-8-10-18-35/h3-24,26-27,29-32,48,50H,1-2,25,28H2/b7-5-,29-15-,30-6-. The molecular weight excluding hydrogens is 625 g/mol. The lowest BCUT2D eigenvalue weighted by Gasteiger charge is -2.40. The van der Waals surface area contributed by atoms with E-state index in [2.05, 4.69) is 114 Å². The molecule has 2 aliphatic rings. The molecule has 0 fully saturated rings. The molecule has 8 rings (SSSR count). The van der Waals surface area contributed by atoms with Gasteiger partial charge in [0.2, 0.25) is 0 Å². The summed E-state index contributed by atoms with van der Waals surface area (Å²) in [7, 11) is 0. The fourth-order valence-electron chi connectivity index (χ4n) is 7.79. The molecule has 1 unspecified atom stereocenters. The summed E-state index contributed by atoms with van der Waals surface area (Å²) in [5.74, 6) is 1.67. The summed E-state index contributed by atoms with van der Waals surface area (Å²) in [6.07, 6.45) is 19.3. The Morgan fingerprint density at radius 3 is 2.37 bits per heavy atom. The van der Waals surface area contributed by atoms with Gasteiger partial charge in [0.15, 0.2) is 0 Å². The number of allylic oxidation sites excluding steroid dienone is 8. The number of para-hydroxylation sites is 3. The Balaban J connectivity index is 1.39. The Morgan fingerprint density at radius 2 is 1.51 bits per heavy atom. The van der Waals surface area contributed by atoms with E-state index in [0.717, 1.165) is 52.2 Å². The Hall–Kier alpha value is -6.52. The zero-order valence-electron chi connectivity index (χ0n) is 28.3. The highest BCUT2D eigenvalue weighted by Crippen LogP contribution is 2.57. The molecule has 0 bridgehead atoms. The van der Waals surface area contributed by atoms with Crippen molar-refractivity contribution in [3.8, 4) is 22.9 Å². The largest absolute Gasteiger partial charge is 0.508 e. The molecule has 248 valence electrons. The molecule has 1 aliphatic carbocycles. The number of phenols is 1. The first kappa shape index (κ1) is 31.7. The topological polar surface area (TPSA) is 46.4 Å². The quantitative estimate of drug-likeness (QED) is 0.151. The van der Waals surface area contributed by atoms with Gasteiger partial charge in [0, 0.05) is 57.0 Å². The van der Waals surface area contributed by atoms with E-state index >= 15 is 0 Å². The Labute approximate surface area is 299 Å². The Bertz CT molecular complexity index is 2420. The molecule has 2 N–H and O–H groups in total. The van der Waals surface area contributed by atoms with Crippen LogP contribution in [0.4, 0.5) is 5.69 Å². The number of phenolic OH excluding ortho intramolecular Hbond substituents is 1. The van der Waals surface area contributed by atoms with Crippen LogP contribution in [0.25, 0.3) is 28.2 Å². The van der Waals surface area contributed by atoms with Crippen LogP contribution in [0.3, 0.4) is 0 Å². The van der Waals surface area contributed by atoms with Gasteiger partial charge in [-0.25, -0.2) is 0 Å². The molecule has 4 nitrogen and oxygen atoms in total. The Kier molecular flexibility index (Phi) is 8.35. The third-order valence-electron chi connectivity index (χ3n) is 9.89. The van der Waals surface area contributed by atoms with Crippen molar-refractivity contribution in [3.63, 3.8) is 0 Å². The van der Waals surface area contributed by atoms with Crippen LogP contribution in [0.15, 0.2) is 177 Å². The molecular formula is C47H38N2O2. The molecule has 2 heterocycles. The first-order valence-corrected chi connectivity index (χ1v) is 17.3. The van der Waals surface area contributed by atoms with E-state index in [0.29, 0.717) is 5.75 Å². The first-order valence-electron chi connectivity index (χ1n) is 17.3. The maximum Gasteiger partial charge on any atom is 0.134 e. The highest BCUT2D eigenvalue weighted by Gasteiger charge is 2.45. The van der Waals surface area contributed by atoms with Gasteiger partial charge in [0.05, 0.1) is 10.9 Å². The molecule has 0 amide bonds. The van der Waals surface area contributed by atoms with Gasteiger partial charge in [-0.15, -0.1) is 0 Å². The van der Waals surface area contributed by atoms with E-state index < -0.39 is 5.41 Å². The number of anilines is 1. The zero-order chi connectivity index (χ0) is 34.8. The second-order valence-electron chi connectivity index (χ2n) is 12.8. The number of hydrogen-bond donors (Lipinski definition) is 2. The lowest BCUT2D eigenvalue weighted by Crippen LogP contribution is -2.32. The number of rotatable bonds is 9. The summed E-state index contributed by atoms with van der Waals surface area (Å²) in [5, 5.41) is 16.7. The molecule has 0 spiro atoms. The van der Waals surface area contributed by atoms with Crippen LogP contribution >= 0.6 is 0 Å². The predicted octanol–water partition coefficient (Wildman–Crippen LogP) is 11.7. The number of nitrogens with one attached hydrogen (secondary N) is 1. The average molecular weight is 663 g/mol. The van der Waals surface area contributed by atoms with Crippen molar-refractivity contribution >= 4 is 28.2 Å². The molecule has 1 atom stereocenters. The minimum absolute atomic E-state index is 0.224. The molecule has 51 heavy (non-hydrogen) atoms. The van der Waals surface area contributed by atoms with E-state index in [4.69, 9.17) is 4.74 Å². The zero-order valence-corrected chi connectivity index (χ0v) is 28.3. The van der Waals surface area contributed by atoms with Crippen molar-refractivity contribution < 1.29 is 9.84 Å². The van der Waals surface area contributed by atoms with Crippen LogP contribution in [0.2, 0.25) is 0 Å². The SMILES string of the molecule is C=C/C=C\C=C/C1(c2c(O)cccc2C2=Cc3c(n(-c4ccccc4)c4ccccc34)CC2)c2ccccc2Oc2cc(N/C=C\C=C)ccc21. The predicted molar refractivity (Wildman–Crippen MR) is 212 cm³/mol. The lowest BCUT2D eigenvalue weighted by atomic mass is 9.65. The Morgan fingerprint density at radius 1 is 0.725 bits per heavy atom. The number of fused-ring (bicyclic) bond motifs is 5. The van der Waals surface area contributed by atoms with Gasteiger partial charge in [-0.1, -0.05) is 122 Å². The van der Waals surface area contributed by atoms with Gasteiger partial charge < -0.3 is 19.7 Å². The summed E-state index contributed by atoms with van der Waals surface area (Å²) in [6, 6.07) is 39.5. The van der Waals surface area contributed by atoms with Crippen molar-refractivity contribution in [3.05, 3.63) is 211 Å². The number of aromatic nitrogens is 1. The third-order valence-corrected chi connectivity index (χ3v) is 9.89. The van der Waals surface area contributed by atoms with Crippen LogP contribution in [-0.2, 0) is 11.8 Å². The van der Waals surface area contributed by atoms with E-state index in [1.807, 2.05) is 60.8 Å². The maximum absolute atomic E-state index is 12.1. The molecule has 6 aromatic rings. The van der Waals surface area contributed by atoms with Gasteiger partial charge in [-0.3, -0.25) is 0 Å². The highest BCUT2D eigenvalue weighted by atomic mass is 16.5. The van der Waals surface area contributed by atoms with Crippen molar-refractivity contribution in [2.45, 2.75) is 18.3 Å². The van der Waals surface area contributed by atoms with Crippen molar-refractivity contribution in [2.24, 2.45) is 0 Å².